The van der Waals surface area contributed by atoms with Gasteiger partial charge >= 0.3 is 7.12 Å². The van der Waals surface area contributed by atoms with Gasteiger partial charge < -0.3 is 14.3 Å². The molecule has 9 rings (SSSR count). The Morgan fingerprint density at radius 3 is 1.74 bits per heavy atom. The predicted octanol–water partition coefficient (Wildman–Crippen LogP) is 11.0. The summed E-state index contributed by atoms with van der Waals surface area (Å²) in [5.74, 6) is 0. The van der Waals surface area contributed by atoms with Crippen LogP contribution in [0.4, 0.5) is 0 Å². The van der Waals surface area contributed by atoms with Crippen molar-refractivity contribution in [3.05, 3.63) is 127 Å². The van der Waals surface area contributed by atoms with Gasteiger partial charge in [-0.3, -0.25) is 0 Å². The lowest BCUT2D eigenvalue weighted by Crippen LogP contribution is -2.41. The molecule has 0 bridgehead atoms. The second kappa shape index (κ2) is 10.4. The molecule has 47 heavy (non-hydrogen) atoms. The van der Waals surface area contributed by atoms with Crippen molar-refractivity contribution in [2.24, 2.45) is 0 Å². The number of hydrogen-bond acceptors (Lipinski definition) is 3. The Kier molecular flexibility index (Phi) is 6.32. The van der Waals surface area contributed by atoms with Gasteiger partial charge in [0.2, 0.25) is 0 Å². The van der Waals surface area contributed by atoms with Gasteiger partial charge in [0.1, 0.15) is 0 Å². The zero-order chi connectivity index (χ0) is 31.9. The third kappa shape index (κ3) is 4.56. The van der Waals surface area contributed by atoms with E-state index >= 15 is 0 Å². The lowest BCUT2D eigenvalue weighted by molar-refractivity contribution is 0.00578. The van der Waals surface area contributed by atoms with E-state index in [0.717, 1.165) is 16.5 Å². The lowest BCUT2D eigenvalue weighted by Gasteiger charge is -2.32. The molecule has 0 spiro atoms. The molecule has 1 N–H and O–H groups in total. The van der Waals surface area contributed by atoms with Crippen LogP contribution in [0, 0.1) is 0 Å². The molecular weight excluding hydrogens is 593 g/mol. The highest BCUT2D eigenvalue weighted by Gasteiger charge is 2.52. The van der Waals surface area contributed by atoms with Gasteiger partial charge in [-0.15, -0.1) is 11.3 Å². The van der Waals surface area contributed by atoms with Crippen LogP contribution in [0.5, 0.6) is 0 Å². The van der Waals surface area contributed by atoms with Crippen LogP contribution in [0.15, 0.2) is 127 Å². The molecule has 3 heterocycles. The Morgan fingerprint density at radius 2 is 1.11 bits per heavy atom. The number of aromatic amines is 1. The van der Waals surface area contributed by atoms with Crippen molar-refractivity contribution in [3.8, 4) is 33.4 Å². The van der Waals surface area contributed by atoms with Crippen molar-refractivity contribution in [2.75, 3.05) is 0 Å². The zero-order valence-corrected chi connectivity index (χ0v) is 27.7. The quantitative estimate of drug-likeness (QED) is 0.197. The van der Waals surface area contributed by atoms with Gasteiger partial charge in [-0.05, 0) is 91.4 Å². The van der Waals surface area contributed by atoms with Crippen LogP contribution in [0.1, 0.15) is 27.7 Å². The number of hydrogen-bond donors (Lipinski definition) is 1. The molecule has 1 fully saturated rings. The summed E-state index contributed by atoms with van der Waals surface area (Å²) in [5, 5.41) is 4.96. The van der Waals surface area contributed by atoms with Crippen molar-refractivity contribution < 1.29 is 9.31 Å². The van der Waals surface area contributed by atoms with E-state index in [9.17, 15) is 0 Å². The molecule has 228 valence electrons. The van der Waals surface area contributed by atoms with Crippen LogP contribution >= 0.6 is 11.3 Å². The fourth-order valence-electron chi connectivity index (χ4n) is 7.00. The molecule has 0 saturated carbocycles. The zero-order valence-electron chi connectivity index (χ0n) is 26.9. The van der Waals surface area contributed by atoms with E-state index in [4.69, 9.17) is 9.31 Å². The predicted molar refractivity (Wildman–Crippen MR) is 201 cm³/mol. The molecule has 0 aliphatic carbocycles. The van der Waals surface area contributed by atoms with E-state index in [1.165, 1.54) is 64.3 Å². The SMILES string of the molecule is CC1(C)OB(c2cc3c4ccccc4sc3c3c2[nH]c2cc(-c4cc(-c5ccccc5)cc(-c5ccccc5)c4)ccc23)OC1(C)C. The molecule has 1 saturated heterocycles. The lowest BCUT2D eigenvalue weighted by atomic mass is 9.77. The van der Waals surface area contributed by atoms with E-state index < -0.39 is 18.3 Å². The maximum atomic E-state index is 6.66. The van der Waals surface area contributed by atoms with Gasteiger partial charge in [0, 0.05) is 47.4 Å². The highest BCUT2D eigenvalue weighted by atomic mass is 32.1. The number of aromatic nitrogens is 1. The number of thiophene rings is 1. The highest BCUT2D eigenvalue weighted by molar-refractivity contribution is 7.26. The molecule has 0 amide bonds. The molecule has 0 atom stereocenters. The largest absolute Gasteiger partial charge is 0.497 e. The molecule has 8 aromatic rings. The van der Waals surface area contributed by atoms with Crippen LogP contribution in [0.25, 0.3) is 75.4 Å². The molecular formula is C42H34BNO2S. The topological polar surface area (TPSA) is 34.2 Å². The van der Waals surface area contributed by atoms with Gasteiger partial charge in [0.05, 0.1) is 11.2 Å². The molecule has 6 aromatic carbocycles. The maximum Gasteiger partial charge on any atom is 0.497 e. The number of benzene rings is 6. The molecule has 0 radical (unpaired) electrons. The summed E-state index contributed by atoms with van der Waals surface area (Å²) in [5.41, 5.74) is 9.53. The van der Waals surface area contributed by atoms with Crippen LogP contribution < -0.4 is 5.46 Å². The first-order valence-corrected chi connectivity index (χ1v) is 17.1. The summed E-state index contributed by atoms with van der Waals surface area (Å²) >= 11 is 1.86. The summed E-state index contributed by atoms with van der Waals surface area (Å²) in [7, 11) is -0.478. The molecule has 5 heteroatoms. The van der Waals surface area contributed by atoms with Gasteiger partial charge in [-0.2, -0.15) is 0 Å². The van der Waals surface area contributed by atoms with Gasteiger partial charge in [0.15, 0.2) is 0 Å². The minimum atomic E-state index is -0.478. The van der Waals surface area contributed by atoms with Crippen molar-refractivity contribution in [2.45, 2.75) is 38.9 Å². The monoisotopic (exact) mass is 627 g/mol. The fourth-order valence-corrected chi connectivity index (χ4v) is 8.24. The van der Waals surface area contributed by atoms with E-state index in [-0.39, 0.29) is 0 Å². The average molecular weight is 628 g/mol. The van der Waals surface area contributed by atoms with E-state index in [2.05, 4.69) is 160 Å². The maximum absolute atomic E-state index is 6.66. The molecule has 0 unspecified atom stereocenters. The molecule has 3 nitrogen and oxygen atoms in total. The Bertz CT molecular complexity index is 2400. The van der Waals surface area contributed by atoms with Crippen molar-refractivity contribution in [1.82, 2.24) is 4.98 Å². The first-order valence-electron chi connectivity index (χ1n) is 16.3. The molecule has 1 aliphatic rings. The minimum absolute atomic E-state index is 0.435. The standard InChI is InChI=1S/C42H34BNO2S/c1-41(2)42(3,4)46-43(45-41)35-25-34-32-17-11-12-18-37(32)47-40(34)38-33-20-19-28(24-36(33)44-39(35)38)31-22-29(26-13-7-5-8-14-26)21-30(23-31)27-15-9-6-10-16-27/h5-25,44H,1-4H3. The smallest absolute Gasteiger partial charge is 0.399 e. The Hall–Kier alpha value is -4.68. The summed E-state index contributed by atoms with van der Waals surface area (Å²) in [4.78, 5) is 3.86. The van der Waals surface area contributed by atoms with Crippen molar-refractivity contribution in [1.29, 1.82) is 0 Å². The Morgan fingerprint density at radius 1 is 0.532 bits per heavy atom. The summed E-state index contributed by atoms with van der Waals surface area (Å²) in [6.45, 7) is 8.47. The third-order valence-electron chi connectivity index (χ3n) is 10.2. The first kappa shape index (κ1) is 28.5. The number of H-pyrrole nitrogens is 1. The Labute approximate surface area is 278 Å². The van der Waals surface area contributed by atoms with Crippen LogP contribution in [0.3, 0.4) is 0 Å². The second-order valence-electron chi connectivity index (χ2n) is 13.7. The van der Waals surface area contributed by atoms with E-state index in [1.54, 1.807) is 0 Å². The van der Waals surface area contributed by atoms with Gasteiger partial charge in [-0.1, -0.05) is 97.1 Å². The Balaban J connectivity index is 1.28. The van der Waals surface area contributed by atoms with Crippen LogP contribution in [-0.4, -0.2) is 23.3 Å². The van der Waals surface area contributed by atoms with E-state index in [0.29, 0.717) is 0 Å². The highest BCUT2D eigenvalue weighted by Crippen LogP contribution is 2.44. The first-order chi connectivity index (χ1) is 22.8. The molecule has 1 aliphatic heterocycles. The number of fused-ring (bicyclic) bond motifs is 7. The number of nitrogens with one attached hydrogen (secondary N) is 1. The van der Waals surface area contributed by atoms with Gasteiger partial charge in [-0.25, -0.2) is 0 Å². The van der Waals surface area contributed by atoms with E-state index in [1.807, 2.05) is 11.3 Å². The summed E-state index contributed by atoms with van der Waals surface area (Å²) < 4.78 is 15.9. The average Bonchev–Trinajstić information content (AvgIpc) is 3.72. The van der Waals surface area contributed by atoms with Crippen LogP contribution in [-0.2, 0) is 9.31 Å². The number of rotatable bonds is 4. The second-order valence-corrected chi connectivity index (χ2v) is 14.7. The van der Waals surface area contributed by atoms with Crippen molar-refractivity contribution in [3.63, 3.8) is 0 Å². The fraction of sp³-hybridized carbons (Fsp3) is 0.143. The normalized spacial score (nSPS) is 15.8. The summed E-state index contributed by atoms with van der Waals surface area (Å²) in [6, 6.07) is 46.1. The third-order valence-corrected chi connectivity index (χ3v) is 11.4. The summed E-state index contributed by atoms with van der Waals surface area (Å²) in [6.07, 6.45) is 0. The van der Waals surface area contributed by atoms with Gasteiger partial charge in [0.25, 0.3) is 0 Å². The molecule has 2 aromatic heterocycles. The van der Waals surface area contributed by atoms with Crippen molar-refractivity contribution >= 4 is 65.9 Å². The van der Waals surface area contributed by atoms with Crippen LogP contribution in [0.2, 0.25) is 0 Å². The minimum Gasteiger partial charge on any atom is -0.399 e.